The third kappa shape index (κ3) is 4.37. The average molecular weight is 314 g/mol. The largest absolute Gasteiger partial charge is 0.489 e. The number of hydrogen-bond donors (Lipinski definition) is 1. The van der Waals surface area contributed by atoms with Crippen LogP contribution in [-0.4, -0.2) is 11.1 Å². The van der Waals surface area contributed by atoms with Crippen LogP contribution in [0.25, 0.3) is 6.08 Å². The molecule has 110 valence electrons. The van der Waals surface area contributed by atoms with Crippen molar-refractivity contribution in [2.24, 2.45) is 0 Å². The lowest BCUT2D eigenvalue weighted by Crippen LogP contribution is -1.98. The van der Waals surface area contributed by atoms with Crippen LogP contribution in [0.3, 0.4) is 0 Å². The number of aliphatic carboxylic acids is 1. The summed E-state index contributed by atoms with van der Waals surface area (Å²) >= 11 is 5.82. The number of carboxylic acids is 1. The van der Waals surface area contributed by atoms with E-state index >= 15 is 0 Å². The molecule has 1 N–H and O–H groups in total. The summed E-state index contributed by atoms with van der Waals surface area (Å²) in [4.78, 5) is 10.8. The van der Waals surface area contributed by atoms with E-state index in [1.165, 1.54) is 6.08 Å². The molecule has 2 rings (SSSR count). The molecule has 0 heterocycles. The van der Waals surface area contributed by atoms with Crippen LogP contribution in [0.4, 0.5) is 0 Å². The maximum absolute atomic E-state index is 10.8. The summed E-state index contributed by atoms with van der Waals surface area (Å²) in [6.07, 6.45) is 1.30. The topological polar surface area (TPSA) is 70.3 Å². The molecule has 0 amide bonds. The van der Waals surface area contributed by atoms with Gasteiger partial charge in [-0.05, 0) is 41.5 Å². The van der Waals surface area contributed by atoms with Gasteiger partial charge < -0.3 is 9.84 Å². The molecule has 0 fully saturated rings. The number of hydrogen-bond acceptors (Lipinski definition) is 3. The van der Waals surface area contributed by atoms with Crippen LogP contribution in [0.2, 0.25) is 5.02 Å². The molecule has 2 aromatic rings. The highest BCUT2D eigenvalue weighted by Crippen LogP contribution is 2.18. The van der Waals surface area contributed by atoms with Crippen molar-refractivity contribution in [3.05, 3.63) is 70.3 Å². The van der Waals surface area contributed by atoms with Gasteiger partial charge in [0.05, 0.1) is 0 Å². The van der Waals surface area contributed by atoms with Crippen molar-refractivity contribution in [3.63, 3.8) is 0 Å². The molecule has 0 aliphatic heterocycles. The Morgan fingerprint density at radius 2 is 2.00 bits per heavy atom. The molecule has 0 spiro atoms. The Bertz CT molecular complexity index is 745. The van der Waals surface area contributed by atoms with Crippen LogP contribution in [0.5, 0.6) is 5.75 Å². The molecule has 0 aliphatic rings. The van der Waals surface area contributed by atoms with Crippen LogP contribution >= 0.6 is 11.6 Å². The van der Waals surface area contributed by atoms with Gasteiger partial charge in [0.15, 0.2) is 0 Å². The van der Waals surface area contributed by atoms with Crippen LogP contribution in [0.15, 0.2) is 54.1 Å². The van der Waals surface area contributed by atoms with Crippen LogP contribution in [0.1, 0.15) is 11.1 Å². The van der Waals surface area contributed by atoms with E-state index in [0.717, 1.165) is 5.56 Å². The summed E-state index contributed by atoms with van der Waals surface area (Å²) in [6.45, 7) is 0.369. The van der Waals surface area contributed by atoms with E-state index in [4.69, 9.17) is 26.7 Å². The summed E-state index contributed by atoms with van der Waals surface area (Å²) in [6, 6.07) is 15.8. The number of ether oxygens (including phenoxy) is 1. The number of benzene rings is 2. The Morgan fingerprint density at radius 1 is 1.27 bits per heavy atom. The lowest BCUT2D eigenvalue weighted by atomic mass is 10.1. The van der Waals surface area contributed by atoms with Crippen molar-refractivity contribution in [1.29, 1.82) is 5.26 Å². The lowest BCUT2D eigenvalue weighted by Gasteiger charge is -2.07. The van der Waals surface area contributed by atoms with E-state index in [1.54, 1.807) is 42.5 Å². The SMILES string of the molecule is N#CC(=Cc1cccc(OCc2ccc(Cl)cc2)c1)C(=O)O. The fourth-order valence-electron chi connectivity index (χ4n) is 1.75. The highest BCUT2D eigenvalue weighted by atomic mass is 35.5. The smallest absolute Gasteiger partial charge is 0.346 e. The molecule has 0 unspecified atom stereocenters. The number of nitriles is 1. The number of carbonyl (C=O) groups is 1. The van der Waals surface area contributed by atoms with E-state index in [2.05, 4.69) is 0 Å². The second kappa shape index (κ2) is 7.30. The monoisotopic (exact) mass is 313 g/mol. The molecule has 0 radical (unpaired) electrons. The predicted molar refractivity (Wildman–Crippen MR) is 83.5 cm³/mol. The second-order valence-electron chi connectivity index (χ2n) is 4.46. The van der Waals surface area contributed by atoms with Crippen LogP contribution < -0.4 is 4.74 Å². The van der Waals surface area contributed by atoms with E-state index in [1.807, 2.05) is 12.1 Å². The number of nitrogens with zero attached hydrogens (tertiary/aromatic N) is 1. The van der Waals surface area contributed by atoms with Crippen LogP contribution in [-0.2, 0) is 11.4 Å². The van der Waals surface area contributed by atoms with Crippen molar-refractivity contribution in [2.45, 2.75) is 6.61 Å². The molecule has 22 heavy (non-hydrogen) atoms. The Balaban J connectivity index is 2.10. The molecule has 0 saturated carbocycles. The molecule has 4 nitrogen and oxygen atoms in total. The Kier molecular flexibility index (Phi) is 5.18. The molecular formula is C17H12ClNO3. The fourth-order valence-corrected chi connectivity index (χ4v) is 1.88. The minimum Gasteiger partial charge on any atom is -0.489 e. The first kappa shape index (κ1) is 15.6. The first-order valence-corrected chi connectivity index (χ1v) is 6.78. The third-order valence-corrected chi connectivity index (χ3v) is 3.09. The minimum absolute atomic E-state index is 0.324. The summed E-state index contributed by atoms with van der Waals surface area (Å²) in [5.74, 6) is -0.665. The molecule has 0 aromatic heterocycles. The molecule has 0 saturated heterocycles. The van der Waals surface area contributed by atoms with Gasteiger partial charge in [0.2, 0.25) is 0 Å². The zero-order valence-electron chi connectivity index (χ0n) is 11.5. The van der Waals surface area contributed by atoms with Crippen molar-refractivity contribution >= 4 is 23.6 Å². The van der Waals surface area contributed by atoms with E-state index in [9.17, 15) is 4.79 Å². The highest BCUT2D eigenvalue weighted by Gasteiger charge is 2.06. The van der Waals surface area contributed by atoms with Gasteiger partial charge in [-0.15, -0.1) is 0 Å². The maximum atomic E-state index is 10.8. The summed E-state index contributed by atoms with van der Waals surface area (Å²) in [5.41, 5.74) is 1.23. The maximum Gasteiger partial charge on any atom is 0.346 e. The highest BCUT2D eigenvalue weighted by molar-refractivity contribution is 6.30. The average Bonchev–Trinajstić information content (AvgIpc) is 2.52. The summed E-state index contributed by atoms with van der Waals surface area (Å²) < 4.78 is 5.65. The molecule has 0 atom stereocenters. The quantitative estimate of drug-likeness (QED) is 0.671. The molecular weight excluding hydrogens is 302 g/mol. The van der Waals surface area contributed by atoms with Gasteiger partial charge in [-0.25, -0.2) is 4.79 Å². The Hall–Kier alpha value is -2.77. The first-order chi connectivity index (χ1) is 10.6. The van der Waals surface area contributed by atoms with Gasteiger partial charge in [0.25, 0.3) is 0 Å². The summed E-state index contributed by atoms with van der Waals surface area (Å²) in [7, 11) is 0. The van der Waals surface area contributed by atoms with Crippen molar-refractivity contribution in [1.82, 2.24) is 0 Å². The third-order valence-electron chi connectivity index (χ3n) is 2.84. The zero-order valence-corrected chi connectivity index (χ0v) is 12.2. The van der Waals surface area contributed by atoms with Crippen molar-refractivity contribution < 1.29 is 14.6 Å². The lowest BCUT2D eigenvalue weighted by molar-refractivity contribution is -0.132. The Morgan fingerprint density at radius 3 is 2.64 bits per heavy atom. The van der Waals surface area contributed by atoms with Gasteiger partial charge in [0, 0.05) is 5.02 Å². The second-order valence-corrected chi connectivity index (χ2v) is 4.90. The van der Waals surface area contributed by atoms with Gasteiger partial charge in [-0.1, -0.05) is 35.9 Å². The standard InChI is InChI=1S/C17H12ClNO3/c18-15-6-4-12(5-7-15)11-22-16-3-1-2-13(9-16)8-14(10-19)17(20)21/h1-9H,11H2,(H,20,21). The van der Waals surface area contributed by atoms with Crippen LogP contribution in [0, 0.1) is 11.3 Å². The zero-order chi connectivity index (χ0) is 15.9. The van der Waals surface area contributed by atoms with E-state index < -0.39 is 5.97 Å². The molecule has 5 heteroatoms. The number of rotatable bonds is 5. The Labute approximate surface area is 132 Å². The van der Waals surface area contributed by atoms with Crippen molar-refractivity contribution in [3.8, 4) is 11.8 Å². The van der Waals surface area contributed by atoms with Gasteiger partial charge in [0.1, 0.15) is 24.0 Å². The van der Waals surface area contributed by atoms with Crippen molar-refractivity contribution in [2.75, 3.05) is 0 Å². The van der Waals surface area contributed by atoms with E-state index in [-0.39, 0.29) is 5.57 Å². The molecule has 0 aliphatic carbocycles. The molecule has 2 aromatic carbocycles. The normalized spacial score (nSPS) is 10.8. The minimum atomic E-state index is -1.25. The van der Waals surface area contributed by atoms with Gasteiger partial charge in [-0.3, -0.25) is 0 Å². The first-order valence-electron chi connectivity index (χ1n) is 6.41. The fraction of sp³-hybridized carbons (Fsp3) is 0.0588. The molecule has 0 bridgehead atoms. The summed E-state index contributed by atoms with van der Waals surface area (Å²) in [5, 5.41) is 18.3. The number of halogens is 1. The van der Waals surface area contributed by atoms with E-state index in [0.29, 0.717) is 22.9 Å². The van der Waals surface area contributed by atoms with Gasteiger partial charge in [-0.2, -0.15) is 5.26 Å². The van der Waals surface area contributed by atoms with Gasteiger partial charge >= 0.3 is 5.97 Å². The predicted octanol–water partition coefficient (Wildman–Crippen LogP) is 3.91. The number of carboxylic acid groups (broad SMARTS) is 1.